The van der Waals surface area contributed by atoms with E-state index in [9.17, 15) is 14.4 Å². The van der Waals surface area contributed by atoms with E-state index in [1.807, 2.05) is 0 Å². The Bertz CT molecular complexity index is 363. The maximum Gasteiger partial charge on any atom is 0.373 e. The fraction of sp³-hybridized carbons (Fsp3) is 0.600. The van der Waals surface area contributed by atoms with Crippen molar-refractivity contribution >= 4 is 23.7 Å². The molecule has 1 aliphatic heterocycles. The average Bonchev–Trinajstić information content (AvgIpc) is 2.61. The molecule has 1 fully saturated rings. The quantitative estimate of drug-likeness (QED) is 0.298. The first-order valence-corrected chi connectivity index (χ1v) is 5.40. The van der Waals surface area contributed by atoms with Gasteiger partial charge in [0.05, 0.1) is 6.61 Å². The minimum Gasteiger partial charge on any atom is -0.479 e. The summed E-state index contributed by atoms with van der Waals surface area (Å²) in [6, 6.07) is 0. The van der Waals surface area contributed by atoms with Crippen LogP contribution >= 0.6 is 0 Å². The van der Waals surface area contributed by atoms with Crippen molar-refractivity contribution in [2.45, 2.75) is 26.7 Å². The Hall–Kier alpha value is -2.12. The Balaban J connectivity index is 2.32. The van der Waals surface area contributed by atoms with Gasteiger partial charge in [0.1, 0.15) is 0 Å². The van der Waals surface area contributed by atoms with Crippen LogP contribution in [0.1, 0.15) is 26.7 Å². The van der Waals surface area contributed by atoms with Gasteiger partial charge in [0.25, 0.3) is 11.8 Å². The number of carbonyl (C=O) groups is 3. The molecule has 0 atom stereocenters. The lowest BCUT2D eigenvalue weighted by Gasteiger charge is -2.11. The molecule has 1 aliphatic rings. The molecule has 1 rings (SSSR count). The van der Waals surface area contributed by atoms with Crippen LogP contribution in [0.5, 0.6) is 0 Å². The lowest BCUT2D eigenvalue weighted by atomic mass is 10.4. The highest BCUT2D eigenvalue weighted by Crippen LogP contribution is 2.11. The van der Waals surface area contributed by atoms with E-state index in [1.165, 1.54) is 0 Å². The number of rotatable bonds is 5. The molecule has 1 heterocycles. The molecule has 2 amide bonds. The van der Waals surface area contributed by atoms with Gasteiger partial charge in [-0.05, 0) is 6.92 Å². The summed E-state index contributed by atoms with van der Waals surface area (Å²) in [5.74, 6) is -1.70. The van der Waals surface area contributed by atoms with E-state index in [4.69, 9.17) is 4.74 Å². The van der Waals surface area contributed by atoms with Gasteiger partial charge in [-0.1, -0.05) is 5.16 Å². The SMILES string of the molecule is CCO/C(C)=N/OCC(=O)ON1C(=O)CCC1=O. The highest BCUT2D eigenvalue weighted by molar-refractivity contribution is 6.01. The number of carbonyl (C=O) groups excluding carboxylic acids is 3. The van der Waals surface area contributed by atoms with Gasteiger partial charge in [0, 0.05) is 19.8 Å². The third-order valence-corrected chi connectivity index (χ3v) is 1.93. The maximum absolute atomic E-state index is 11.2. The van der Waals surface area contributed by atoms with Crippen LogP contribution in [0.25, 0.3) is 0 Å². The van der Waals surface area contributed by atoms with E-state index in [1.54, 1.807) is 13.8 Å². The van der Waals surface area contributed by atoms with Crippen LogP contribution < -0.4 is 0 Å². The first-order chi connectivity index (χ1) is 8.54. The lowest BCUT2D eigenvalue weighted by molar-refractivity contribution is -0.200. The molecular formula is C10H14N2O6. The van der Waals surface area contributed by atoms with Gasteiger partial charge in [-0.15, -0.1) is 5.06 Å². The van der Waals surface area contributed by atoms with Gasteiger partial charge >= 0.3 is 5.97 Å². The molecular weight excluding hydrogens is 244 g/mol. The summed E-state index contributed by atoms with van der Waals surface area (Å²) < 4.78 is 4.95. The summed E-state index contributed by atoms with van der Waals surface area (Å²) in [6.45, 7) is 3.25. The molecule has 8 nitrogen and oxygen atoms in total. The number of hydroxylamine groups is 2. The fourth-order valence-electron chi connectivity index (χ4n) is 1.20. The van der Waals surface area contributed by atoms with Crippen molar-refractivity contribution in [1.29, 1.82) is 0 Å². The van der Waals surface area contributed by atoms with E-state index in [-0.39, 0.29) is 18.7 Å². The zero-order valence-electron chi connectivity index (χ0n) is 10.2. The first kappa shape index (κ1) is 13.9. The number of nitrogens with zero attached hydrogens (tertiary/aromatic N) is 2. The standard InChI is InChI=1S/C10H14N2O6/c1-3-16-7(2)11-17-6-10(15)18-12-8(13)4-5-9(12)14/h3-6H2,1-2H3/b11-7+. The molecule has 0 aliphatic carbocycles. The number of oxime groups is 1. The summed E-state index contributed by atoms with van der Waals surface area (Å²) >= 11 is 0. The molecule has 0 aromatic carbocycles. The second kappa shape index (κ2) is 6.58. The summed E-state index contributed by atoms with van der Waals surface area (Å²) in [7, 11) is 0. The van der Waals surface area contributed by atoms with Crippen LogP contribution in [0.4, 0.5) is 0 Å². The van der Waals surface area contributed by atoms with Gasteiger partial charge in [-0.2, -0.15) is 0 Å². The molecule has 0 saturated carbocycles. The Kier molecular flexibility index (Phi) is 5.09. The van der Waals surface area contributed by atoms with E-state index >= 15 is 0 Å². The minimum absolute atomic E-state index is 0.0502. The van der Waals surface area contributed by atoms with Crippen LogP contribution in [0.15, 0.2) is 5.16 Å². The Morgan fingerprint density at radius 3 is 2.50 bits per heavy atom. The molecule has 0 unspecified atom stereocenters. The van der Waals surface area contributed by atoms with Crippen molar-refractivity contribution < 1.29 is 28.8 Å². The second-order valence-corrected chi connectivity index (χ2v) is 3.36. The van der Waals surface area contributed by atoms with Crippen molar-refractivity contribution in [2.24, 2.45) is 5.16 Å². The lowest BCUT2D eigenvalue weighted by Crippen LogP contribution is -2.33. The number of amides is 2. The monoisotopic (exact) mass is 258 g/mol. The Morgan fingerprint density at radius 1 is 1.33 bits per heavy atom. The van der Waals surface area contributed by atoms with Crippen LogP contribution in [0.2, 0.25) is 0 Å². The zero-order valence-corrected chi connectivity index (χ0v) is 10.2. The van der Waals surface area contributed by atoms with E-state index in [0.29, 0.717) is 11.7 Å². The smallest absolute Gasteiger partial charge is 0.373 e. The molecule has 100 valence electrons. The van der Waals surface area contributed by atoms with Gasteiger partial charge in [0.2, 0.25) is 12.5 Å². The van der Waals surface area contributed by atoms with Gasteiger partial charge in [0.15, 0.2) is 0 Å². The molecule has 0 aromatic heterocycles. The molecule has 8 heteroatoms. The molecule has 0 bridgehead atoms. The van der Waals surface area contributed by atoms with Gasteiger partial charge < -0.3 is 14.4 Å². The van der Waals surface area contributed by atoms with E-state index in [0.717, 1.165) is 0 Å². The molecule has 18 heavy (non-hydrogen) atoms. The van der Waals surface area contributed by atoms with Crippen molar-refractivity contribution in [3.63, 3.8) is 0 Å². The maximum atomic E-state index is 11.2. The number of imide groups is 1. The topological polar surface area (TPSA) is 94.5 Å². The van der Waals surface area contributed by atoms with Crippen LogP contribution in [0, 0.1) is 0 Å². The van der Waals surface area contributed by atoms with E-state index < -0.39 is 24.4 Å². The van der Waals surface area contributed by atoms with Gasteiger partial charge in [-0.25, -0.2) is 4.79 Å². The van der Waals surface area contributed by atoms with Crippen molar-refractivity contribution in [1.82, 2.24) is 5.06 Å². The zero-order chi connectivity index (χ0) is 13.5. The highest BCUT2D eigenvalue weighted by Gasteiger charge is 2.32. The van der Waals surface area contributed by atoms with Crippen LogP contribution in [0.3, 0.4) is 0 Å². The van der Waals surface area contributed by atoms with Crippen molar-refractivity contribution in [3.05, 3.63) is 0 Å². The first-order valence-electron chi connectivity index (χ1n) is 5.40. The van der Waals surface area contributed by atoms with Gasteiger partial charge in [-0.3, -0.25) is 9.59 Å². The normalized spacial score (nSPS) is 15.9. The molecule has 0 radical (unpaired) electrons. The third kappa shape index (κ3) is 4.04. The summed E-state index contributed by atoms with van der Waals surface area (Å²) in [5.41, 5.74) is 0. The van der Waals surface area contributed by atoms with Crippen LogP contribution in [-0.4, -0.2) is 42.0 Å². The van der Waals surface area contributed by atoms with Crippen LogP contribution in [-0.2, 0) is 28.8 Å². The fourth-order valence-corrected chi connectivity index (χ4v) is 1.20. The largest absolute Gasteiger partial charge is 0.479 e. The highest BCUT2D eigenvalue weighted by atomic mass is 16.7. The summed E-state index contributed by atoms with van der Waals surface area (Å²) in [4.78, 5) is 42.6. The molecule has 0 aromatic rings. The molecule has 1 saturated heterocycles. The second-order valence-electron chi connectivity index (χ2n) is 3.36. The summed E-state index contributed by atoms with van der Waals surface area (Å²) in [6.07, 6.45) is 0.100. The Labute approximate surface area is 103 Å². The summed E-state index contributed by atoms with van der Waals surface area (Å²) in [5, 5.41) is 3.92. The molecule has 0 N–H and O–H groups in total. The number of ether oxygens (including phenoxy) is 1. The minimum atomic E-state index is -0.883. The predicted octanol–water partition coefficient (Wildman–Crippen LogP) is -0.0199. The number of hydrogen-bond donors (Lipinski definition) is 0. The van der Waals surface area contributed by atoms with Crippen molar-refractivity contribution in [2.75, 3.05) is 13.2 Å². The van der Waals surface area contributed by atoms with E-state index in [2.05, 4.69) is 14.8 Å². The van der Waals surface area contributed by atoms with Crippen molar-refractivity contribution in [3.8, 4) is 0 Å². The predicted molar refractivity (Wildman–Crippen MR) is 57.9 cm³/mol. The molecule has 0 spiro atoms. The number of hydrogen-bond acceptors (Lipinski definition) is 7. The Morgan fingerprint density at radius 2 is 1.94 bits per heavy atom. The third-order valence-electron chi connectivity index (χ3n) is 1.93. The average molecular weight is 258 g/mol.